The van der Waals surface area contributed by atoms with Gasteiger partial charge in [0.2, 0.25) is 0 Å². The molecule has 2 aliphatic carbocycles. The maximum absolute atomic E-state index is 10.6. The van der Waals surface area contributed by atoms with Crippen LogP contribution < -0.4 is 4.74 Å². The third-order valence-electron chi connectivity index (χ3n) is 8.16. The van der Waals surface area contributed by atoms with Gasteiger partial charge >= 0.3 is 7.48 Å². The number of para-hydroxylation sites is 1. The van der Waals surface area contributed by atoms with Crippen LogP contribution in [0.25, 0.3) is 11.1 Å². The Kier molecular flexibility index (Phi) is 4.93. The zero-order chi connectivity index (χ0) is 24.4. The molecule has 4 heteroatoms. The van der Waals surface area contributed by atoms with Crippen LogP contribution >= 0.6 is 0 Å². The lowest BCUT2D eigenvalue weighted by Crippen LogP contribution is -2.48. The summed E-state index contributed by atoms with van der Waals surface area (Å²) in [5, 5.41) is 10.6. The van der Waals surface area contributed by atoms with Crippen molar-refractivity contribution in [2.24, 2.45) is 0 Å². The molecule has 0 atom stereocenters. The van der Waals surface area contributed by atoms with Gasteiger partial charge in [0.25, 0.3) is 0 Å². The number of allylic oxidation sites excluding steroid dienone is 3. The first-order valence-corrected chi connectivity index (χ1v) is 12.4. The molecular weight excluding hydrogens is 431 g/mol. The third kappa shape index (κ3) is 3.13. The van der Waals surface area contributed by atoms with Crippen LogP contribution in [0.4, 0.5) is 0 Å². The lowest BCUT2D eigenvalue weighted by molar-refractivity contribution is -0.0897. The van der Waals surface area contributed by atoms with Crippen molar-refractivity contribution in [3.8, 4) is 16.9 Å². The largest absolute Gasteiger partial charge is 0.458 e. The predicted molar refractivity (Wildman–Crippen MR) is 140 cm³/mol. The highest BCUT2D eigenvalue weighted by molar-refractivity contribution is 6.40. The molecule has 1 spiro atoms. The number of hydrogen-bond donors (Lipinski definition) is 1. The lowest BCUT2D eigenvalue weighted by Gasteiger charge is -2.43. The number of benzene rings is 3. The summed E-state index contributed by atoms with van der Waals surface area (Å²) in [4.78, 5) is 0. The van der Waals surface area contributed by atoms with E-state index in [-0.39, 0.29) is 0 Å². The number of aliphatic hydroxyl groups is 1. The molecule has 0 amide bonds. The summed E-state index contributed by atoms with van der Waals surface area (Å²) in [6.07, 6.45) is 3.99. The van der Waals surface area contributed by atoms with Crippen molar-refractivity contribution < 1.29 is 14.5 Å². The highest BCUT2D eigenvalue weighted by Gasteiger charge is 2.52. The molecule has 0 aromatic heterocycles. The van der Waals surface area contributed by atoms with Gasteiger partial charge in [0.15, 0.2) is 0 Å². The van der Waals surface area contributed by atoms with Crippen molar-refractivity contribution in [3.05, 3.63) is 112 Å². The average Bonchev–Trinajstić information content (AvgIpc) is 3.14. The quantitative estimate of drug-likeness (QED) is 0.450. The van der Waals surface area contributed by atoms with Crippen molar-refractivity contribution in [1.82, 2.24) is 0 Å². The molecule has 1 heterocycles. The molecule has 3 nitrogen and oxygen atoms in total. The van der Waals surface area contributed by atoms with Crippen molar-refractivity contribution in [3.63, 3.8) is 0 Å². The van der Waals surface area contributed by atoms with Gasteiger partial charge in [0, 0.05) is 5.56 Å². The molecule has 1 N–H and O–H groups in total. The Morgan fingerprint density at radius 3 is 2.03 bits per heavy atom. The molecule has 1 aliphatic heterocycles. The maximum atomic E-state index is 10.6. The molecule has 0 unspecified atom stereocenters. The van der Waals surface area contributed by atoms with E-state index in [0.29, 0.717) is 0 Å². The minimum atomic E-state index is -0.999. The Morgan fingerprint density at radius 1 is 0.829 bits per heavy atom. The van der Waals surface area contributed by atoms with Crippen LogP contribution in [0.5, 0.6) is 5.75 Å². The zero-order valence-electron chi connectivity index (χ0n) is 20.8. The van der Waals surface area contributed by atoms with Gasteiger partial charge in [-0.15, -0.1) is 0 Å². The van der Waals surface area contributed by atoms with E-state index in [0.717, 1.165) is 29.8 Å². The van der Waals surface area contributed by atoms with Crippen LogP contribution in [0.2, 0.25) is 0 Å². The second-order valence-corrected chi connectivity index (χ2v) is 10.8. The summed E-state index contributed by atoms with van der Waals surface area (Å²) in [7, 11) is 1.78. The van der Waals surface area contributed by atoms with Gasteiger partial charge in [0.1, 0.15) is 11.5 Å². The third-order valence-corrected chi connectivity index (χ3v) is 8.16. The fourth-order valence-electron chi connectivity index (χ4n) is 5.68. The maximum Gasteiger partial charge on any atom is 0.334 e. The Hall–Kier alpha value is -3.08. The van der Waals surface area contributed by atoms with Gasteiger partial charge in [-0.05, 0) is 79.9 Å². The standard InChI is InChI=1S/C31H30BO3/c1-29(2,33)30(3,4)35-32-26-18-11-17-25-28(26)34-27-19-10-9-16-24(27)31(25)22-14-7-5-12-20(22)21-13-6-8-15-23(21)31/h5-10,12-16,18-19,33H,11,17H2,1-4H3. The zero-order valence-corrected chi connectivity index (χ0v) is 20.8. The van der Waals surface area contributed by atoms with Crippen LogP contribution in [0, 0.1) is 0 Å². The minimum absolute atomic E-state index is 0.406. The highest BCUT2D eigenvalue weighted by atomic mass is 16.5. The summed E-state index contributed by atoms with van der Waals surface area (Å²) >= 11 is 0. The monoisotopic (exact) mass is 461 g/mol. The molecular formula is C31H30BO3. The molecule has 0 saturated carbocycles. The van der Waals surface area contributed by atoms with Crippen LogP contribution in [-0.2, 0) is 10.1 Å². The predicted octanol–water partition coefficient (Wildman–Crippen LogP) is 6.51. The Labute approximate surface area is 208 Å². The van der Waals surface area contributed by atoms with Gasteiger partial charge in [0.05, 0.1) is 16.6 Å². The van der Waals surface area contributed by atoms with E-state index in [4.69, 9.17) is 9.39 Å². The molecule has 0 saturated heterocycles. The van der Waals surface area contributed by atoms with Gasteiger partial charge in [-0.1, -0.05) is 72.8 Å². The van der Waals surface area contributed by atoms with Gasteiger partial charge < -0.3 is 14.5 Å². The van der Waals surface area contributed by atoms with E-state index in [1.807, 2.05) is 19.9 Å². The number of fused-ring (bicyclic) bond motifs is 8. The van der Waals surface area contributed by atoms with E-state index >= 15 is 0 Å². The molecule has 35 heavy (non-hydrogen) atoms. The van der Waals surface area contributed by atoms with Crippen LogP contribution in [0.15, 0.2) is 95.7 Å². The molecule has 0 bridgehead atoms. The SMILES string of the molecule is CC(C)(O)C(C)(C)O[B]C1=CCCC2=C1Oc1ccccc1C21c2ccccc2-c2ccccc21. The fraction of sp³-hybridized carbons (Fsp3) is 0.290. The summed E-state index contributed by atoms with van der Waals surface area (Å²) < 4.78 is 12.9. The van der Waals surface area contributed by atoms with Gasteiger partial charge in [-0.3, -0.25) is 0 Å². The first kappa shape index (κ1) is 22.4. The summed E-state index contributed by atoms with van der Waals surface area (Å²) in [6.45, 7) is 7.36. The minimum Gasteiger partial charge on any atom is -0.458 e. The van der Waals surface area contributed by atoms with Crippen molar-refractivity contribution in [2.75, 3.05) is 0 Å². The van der Waals surface area contributed by atoms with Crippen molar-refractivity contribution >= 4 is 7.48 Å². The van der Waals surface area contributed by atoms with Crippen LogP contribution in [-0.4, -0.2) is 23.8 Å². The molecule has 1 radical (unpaired) electrons. The van der Waals surface area contributed by atoms with Crippen LogP contribution in [0.1, 0.15) is 57.2 Å². The first-order chi connectivity index (χ1) is 16.7. The Balaban J connectivity index is 1.57. The summed E-state index contributed by atoms with van der Waals surface area (Å²) in [5.74, 6) is 1.74. The molecule has 175 valence electrons. The van der Waals surface area contributed by atoms with Crippen molar-refractivity contribution in [1.29, 1.82) is 0 Å². The number of hydrogen-bond acceptors (Lipinski definition) is 3. The first-order valence-electron chi connectivity index (χ1n) is 12.4. The smallest absolute Gasteiger partial charge is 0.334 e. The van der Waals surface area contributed by atoms with Gasteiger partial charge in [-0.2, -0.15) is 0 Å². The molecule has 3 aromatic carbocycles. The normalized spacial score (nSPS) is 17.7. The number of rotatable bonds is 4. The molecule has 3 aliphatic rings. The Morgan fingerprint density at radius 2 is 1.40 bits per heavy atom. The highest BCUT2D eigenvalue weighted by Crippen LogP contribution is 2.62. The second-order valence-electron chi connectivity index (χ2n) is 10.8. The lowest BCUT2D eigenvalue weighted by atomic mass is 9.61. The second kappa shape index (κ2) is 7.71. The molecule has 0 fully saturated rings. The average molecular weight is 461 g/mol. The van der Waals surface area contributed by atoms with E-state index in [1.165, 1.54) is 33.4 Å². The number of ether oxygens (including phenoxy) is 1. The summed E-state index contributed by atoms with van der Waals surface area (Å²) in [6, 6.07) is 26.0. The van der Waals surface area contributed by atoms with E-state index in [1.54, 1.807) is 21.3 Å². The van der Waals surface area contributed by atoms with E-state index in [2.05, 4.69) is 72.8 Å². The Bertz CT molecular complexity index is 1340. The van der Waals surface area contributed by atoms with Crippen LogP contribution in [0.3, 0.4) is 0 Å². The molecule has 3 aromatic rings. The topological polar surface area (TPSA) is 38.7 Å². The van der Waals surface area contributed by atoms with E-state index in [9.17, 15) is 5.11 Å². The van der Waals surface area contributed by atoms with Gasteiger partial charge in [-0.25, -0.2) is 0 Å². The van der Waals surface area contributed by atoms with E-state index < -0.39 is 16.6 Å². The molecule has 6 rings (SSSR count). The fourth-order valence-corrected chi connectivity index (χ4v) is 5.68. The summed E-state index contributed by atoms with van der Waals surface area (Å²) in [5.41, 5.74) is 6.41. The van der Waals surface area contributed by atoms with Crippen molar-refractivity contribution in [2.45, 2.75) is 57.2 Å².